The fourth-order valence-electron chi connectivity index (χ4n) is 2.48. The lowest BCUT2D eigenvalue weighted by Crippen LogP contribution is -2.37. The minimum absolute atomic E-state index is 0.220. The summed E-state index contributed by atoms with van der Waals surface area (Å²) in [5.74, 6) is 0.995. The first-order valence-electron chi connectivity index (χ1n) is 6.85. The number of methoxy groups -OCH3 is 1. The summed E-state index contributed by atoms with van der Waals surface area (Å²) >= 11 is 0. The zero-order valence-corrected chi connectivity index (χ0v) is 11.6. The van der Waals surface area contributed by atoms with Crippen LogP contribution in [0.4, 0.5) is 0 Å². The van der Waals surface area contributed by atoms with Crippen molar-refractivity contribution in [3.8, 4) is 0 Å². The van der Waals surface area contributed by atoms with Gasteiger partial charge in [0.2, 0.25) is 11.8 Å². The Morgan fingerprint density at radius 2 is 2.05 bits per heavy atom. The molecule has 0 N–H and O–H groups in total. The summed E-state index contributed by atoms with van der Waals surface area (Å²) in [5.41, 5.74) is 0. The van der Waals surface area contributed by atoms with Crippen LogP contribution in [0.5, 0.6) is 0 Å². The number of rotatable bonds is 6. The Labute approximate surface area is 113 Å². The fraction of sp³-hybridized carbons (Fsp3) is 0.769. The van der Waals surface area contributed by atoms with Crippen molar-refractivity contribution in [3.05, 3.63) is 11.8 Å². The third-order valence-electron chi connectivity index (χ3n) is 3.55. The first-order chi connectivity index (χ1) is 9.22. The summed E-state index contributed by atoms with van der Waals surface area (Å²) in [6.45, 7) is 2.78. The van der Waals surface area contributed by atoms with Crippen molar-refractivity contribution in [3.63, 3.8) is 0 Å². The molecule has 2 rings (SSSR count). The Hall–Kier alpha value is -1.43. The van der Waals surface area contributed by atoms with Crippen LogP contribution in [0.2, 0.25) is 0 Å². The van der Waals surface area contributed by atoms with Crippen LogP contribution >= 0.6 is 0 Å². The molecule has 0 unspecified atom stereocenters. The van der Waals surface area contributed by atoms with Crippen molar-refractivity contribution in [1.82, 2.24) is 15.1 Å². The van der Waals surface area contributed by atoms with E-state index in [0.717, 1.165) is 19.3 Å². The molecule has 0 spiro atoms. The highest BCUT2D eigenvalue weighted by Crippen LogP contribution is 2.24. The highest BCUT2D eigenvalue weighted by atomic mass is 16.5. The van der Waals surface area contributed by atoms with Crippen LogP contribution in [-0.4, -0.2) is 40.8 Å². The van der Waals surface area contributed by atoms with Gasteiger partial charge in [0.05, 0.1) is 20.2 Å². The van der Waals surface area contributed by atoms with E-state index in [0.29, 0.717) is 24.4 Å². The second-order valence-corrected chi connectivity index (χ2v) is 4.86. The molecular weight excluding hydrogens is 246 g/mol. The topological polar surface area (TPSA) is 68.5 Å². The number of aryl methyl sites for hydroxylation is 1. The largest absolute Gasteiger partial charge is 0.468 e. The fourth-order valence-corrected chi connectivity index (χ4v) is 2.48. The van der Waals surface area contributed by atoms with Gasteiger partial charge in [-0.2, -0.15) is 0 Å². The number of nitrogens with zero attached hydrogens (tertiary/aromatic N) is 3. The van der Waals surface area contributed by atoms with E-state index < -0.39 is 0 Å². The molecule has 0 radical (unpaired) electrons. The highest BCUT2D eigenvalue weighted by molar-refractivity contribution is 5.71. The minimum atomic E-state index is -0.220. The Bertz CT molecular complexity index is 413. The van der Waals surface area contributed by atoms with E-state index in [-0.39, 0.29) is 12.5 Å². The number of esters is 1. The third-order valence-corrected chi connectivity index (χ3v) is 3.55. The molecule has 1 aromatic rings. The maximum Gasteiger partial charge on any atom is 0.319 e. The van der Waals surface area contributed by atoms with E-state index in [1.165, 1.54) is 20.0 Å². The smallest absolute Gasteiger partial charge is 0.319 e. The van der Waals surface area contributed by atoms with Gasteiger partial charge in [-0.05, 0) is 12.8 Å². The zero-order valence-electron chi connectivity index (χ0n) is 11.6. The van der Waals surface area contributed by atoms with E-state index in [2.05, 4.69) is 15.1 Å². The van der Waals surface area contributed by atoms with E-state index in [4.69, 9.17) is 9.15 Å². The van der Waals surface area contributed by atoms with Crippen molar-refractivity contribution in [1.29, 1.82) is 0 Å². The Balaban J connectivity index is 2.01. The molecule has 0 atom stereocenters. The van der Waals surface area contributed by atoms with E-state index in [1.807, 2.05) is 6.92 Å². The second-order valence-electron chi connectivity index (χ2n) is 4.86. The standard InChI is InChI=1S/C13H21N3O3/c1-3-11-14-15-12(19-11)8-16(9-13(17)18-2)10-6-4-5-7-10/h10H,3-9H2,1-2H3. The van der Waals surface area contributed by atoms with Gasteiger partial charge in [-0.15, -0.1) is 10.2 Å². The van der Waals surface area contributed by atoms with Crippen LogP contribution in [0.3, 0.4) is 0 Å². The van der Waals surface area contributed by atoms with Crippen LogP contribution < -0.4 is 0 Å². The second kappa shape index (κ2) is 6.65. The molecule has 0 amide bonds. The Kier molecular flexibility index (Phi) is 4.90. The van der Waals surface area contributed by atoms with Crippen molar-refractivity contribution < 1.29 is 13.9 Å². The van der Waals surface area contributed by atoms with Gasteiger partial charge in [-0.3, -0.25) is 9.69 Å². The average molecular weight is 267 g/mol. The molecule has 6 heteroatoms. The van der Waals surface area contributed by atoms with Crippen molar-refractivity contribution in [2.24, 2.45) is 0 Å². The lowest BCUT2D eigenvalue weighted by molar-refractivity contribution is -0.142. The quantitative estimate of drug-likeness (QED) is 0.728. The van der Waals surface area contributed by atoms with Crippen LogP contribution in [-0.2, 0) is 22.5 Å². The maximum atomic E-state index is 11.5. The highest BCUT2D eigenvalue weighted by Gasteiger charge is 2.26. The molecule has 1 aliphatic carbocycles. The number of hydrogen-bond donors (Lipinski definition) is 0. The van der Waals surface area contributed by atoms with Crippen molar-refractivity contribution >= 4 is 5.97 Å². The summed E-state index contributed by atoms with van der Waals surface area (Å²) < 4.78 is 10.3. The molecule has 1 fully saturated rings. The zero-order chi connectivity index (χ0) is 13.7. The normalized spacial score (nSPS) is 16.2. The van der Waals surface area contributed by atoms with E-state index in [9.17, 15) is 4.79 Å². The van der Waals surface area contributed by atoms with Crippen LogP contribution in [0.25, 0.3) is 0 Å². The Morgan fingerprint density at radius 1 is 1.37 bits per heavy atom. The lowest BCUT2D eigenvalue weighted by Gasteiger charge is -2.25. The molecule has 1 aromatic heterocycles. The van der Waals surface area contributed by atoms with Crippen molar-refractivity contribution in [2.45, 2.75) is 51.6 Å². The minimum Gasteiger partial charge on any atom is -0.468 e. The average Bonchev–Trinajstić information content (AvgIpc) is 3.08. The van der Waals surface area contributed by atoms with E-state index >= 15 is 0 Å². The molecule has 6 nitrogen and oxygen atoms in total. The number of carbonyl (C=O) groups is 1. The van der Waals surface area contributed by atoms with Gasteiger partial charge in [0.15, 0.2) is 0 Å². The van der Waals surface area contributed by atoms with Crippen LogP contribution in [0.15, 0.2) is 4.42 Å². The number of carbonyl (C=O) groups excluding carboxylic acids is 1. The van der Waals surface area contributed by atoms with Gasteiger partial charge in [0.1, 0.15) is 0 Å². The lowest BCUT2D eigenvalue weighted by atomic mass is 10.2. The monoisotopic (exact) mass is 267 g/mol. The molecule has 106 valence electrons. The summed E-state index contributed by atoms with van der Waals surface area (Å²) in [4.78, 5) is 13.6. The maximum absolute atomic E-state index is 11.5. The van der Waals surface area contributed by atoms with Gasteiger partial charge < -0.3 is 9.15 Å². The molecule has 1 saturated carbocycles. The van der Waals surface area contributed by atoms with Crippen LogP contribution in [0, 0.1) is 0 Å². The predicted molar refractivity (Wildman–Crippen MR) is 68.4 cm³/mol. The first-order valence-corrected chi connectivity index (χ1v) is 6.85. The number of hydrogen-bond acceptors (Lipinski definition) is 6. The Morgan fingerprint density at radius 3 is 2.63 bits per heavy atom. The third kappa shape index (κ3) is 3.76. The van der Waals surface area contributed by atoms with Gasteiger partial charge >= 0.3 is 5.97 Å². The van der Waals surface area contributed by atoms with Gasteiger partial charge in [-0.1, -0.05) is 19.8 Å². The molecule has 0 bridgehead atoms. The first kappa shape index (κ1) is 14.0. The molecule has 19 heavy (non-hydrogen) atoms. The molecule has 0 saturated heterocycles. The molecule has 0 aromatic carbocycles. The molecule has 1 aliphatic rings. The van der Waals surface area contributed by atoms with Gasteiger partial charge in [-0.25, -0.2) is 0 Å². The van der Waals surface area contributed by atoms with Crippen molar-refractivity contribution in [2.75, 3.05) is 13.7 Å². The summed E-state index contributed by atoms with van der Waals surface area (Å²) in [6, 6.07) is 0.413. The number of ether oxygens (including phenoxy) is 1. The molecule has 1 heterocycles. The number of aromatic nitrogens is 2. The SMILES string of the molecule is CCc1nnc(CN(CC(=O)OC)C2CCCC2)o1. The summed E-state index contributed by atoms with van der Waals surface area (Å²) in [5, 5.41) is 7.98. The molecular formula is C13H21N3O3. The van der Waals surface area contributed by atoms with E-state index in [1.54, 1.807) is 0 Å². The predicted octanol–water partition coefficient (Wildman–Crippen LogP) is 1.55. The summed E-state index contributed by atoms with van der Waals surface area (Å²) in [7, 11) is 1.41. The van der Waals surface area contributed by atoms with Gasteiger partial charge in [0.25, 0.3) is 0 Å². The summed E-state index contributed by atoms with van der Waals surface area (Å²) in [6.07, 6.45) is 5.39. The molecule has 0 aliphatic heterocycles. The van der Waals surface area contributed by atoms with Crippen LogP contribution in [0.1, 0.15) is 44.4 Å². The van der Waals surface area contributed by atoms with Gasteiger partial charge in [0, 0.05) is 12.5 Å².